The Balaban J connectivity index is 2.18. The predicted octanol–water partition coefficient (Wildman–Crippen LogP) is 3.00. The van der Waals surface area contributed by atoms with Gasteiger partial charge in [0.05, 0.1) is 14.2 Å². The van der Waals surface area contributed by atoms with Gasteiger partial charge >= 0.3 is 0 Å². The van der Waals surface area contributed by atoms with Gasteiger partial charge in [-0.15, -0.1) is 0 Å². The molecular formula is C17H21NO3. The molecule has 2 aromatic rings. The largest absolute Gasteiger partial charge is 0.497 e. The Hall–Kier alpha value is -2.20. The van der Waals surface area contributed by atoms with Gasteiger partial charge < -0.3 is 19.5 Å². The summed E-state index contributed by atoms with van der Waals surface area (Å²) >= 11 is 0. The Morgan fingerprint density at radius 3 is 2.52 bits per heavy atom. The number of nitrogens with one attached hydrogen (secondary N) is 1. The highest BCUT2D eigenvalue weighted by Gasteiger charge is 2.10. The summed E-state index contributed by atoms with van der Waals surface area (Å²) in [4.78, 5) is 0. The van der Waals surface area contributed by atoms with E-state index < -0.39 is 0 Å². The highest BCUT2D eigenvalue weighted by atomic mass is 16.5. The first-order valence-electron chi connectivity index (χ1n) is 6.84. The first-order chi connectivity index (χ1) is 10.3. The number of rotatable bonds is 7. The maximum absolute atomic E-state index is 5.98. The Morgan fingerprint density at radius 1 is 1.00 bits per heavy atom. The van der Waals surface area contributed by atoms with Gasteiger partial charge in [-0.3, -0.25) is 0 Å². The van der Waals surface area contributed by atoms with Crippen molar-refractivity contribution in [2.45, 2.75) is 13.2 Å². The van der Waals surface area contributed by atoms with E-state index in [0.717, 1.165) is 34.9 Å². The molecule has 112 valence electrons. The summed E-state index contributed by atoms with van der Waals surface area (Å²) in [5.41, 5.74) is 2.12. The SMILES string of the molecule is CNCc1cccc(OC)c1OCc1cccc(OC)c1. The van der Waals surface area contributed by atoms with Crippen LogP contribution in [0.15, 0.2) is 42.5 Å². The van der Waals surface area contributed by atoms with Crippen molar-refractivity contribution in [3.05, 3.63) is 53.6 Å². The van der Waals surface area contributed by atoms with Crippen molar-refractivity contribution in [2.24, 2.45) is 0 Å². The van der Waals surface area contributed by atoms with Crippen molar-refractivity contribution < 1.29 is 14.2 Å². The molecular weight excluding hydrogens is 266 g/mol. The quantitative estimate of drug-likeness (QED) is 0.850. The van der Waals surface area contributed by atoms with Crippen LogP contribution < -0.4 is 19.5 Å². The molecule has 21 heavy (non-hydrogen) atoms. The summed E-state index contributed by atoms with van der Waals surface area (Å²) in [6.07, 6.45) is 0. The van der Waals surface area contributed by atoms with Crippen LogP contribution in [0, 0.1) is 0 Å². The second-order valence-corrected chi connectivity index (χ2v) is 4.62. The lowest BCUT2D eigenvalue weighted by molar-refractivity contribution is 0.280. The second-order valence-electron chi connectivity index (χ2n) is 4.62. The lowest BCUT2D eigenvalue weighted by Crippen LogP contribution is -2.08. The monoisotopic (exact) mass is 287 g/mol. The van der Waals surface area contributed by atoms with Crippen LogP contribution in [0.1, 0.15) is 11.1 Å². The Bertz CT molecular complexity index is 584. The average Bonchev–Trinajstić information content (AvgIpc) is 2.54. The van der Waals surface area contributed by atoms with Gasteiger partial charge in [-0.1, -0.05) is 24.3 Å². The molecule has 0 atom stereocenters. The van der Waals surface area contributed by atoms with E-state index in [-0.39, 0.29) is 0 Å². The molecule has 4 nitrogen and oxygen atoms in total. The van der Waals surface area contributed by atoms with E-state index in [1.165, 1.54) is 0 Å². The van der Waals surface area contributed by atoms with Gasteiger partial charge in [0.15, 0.2) is 11.5 Å². The van der Waals surface area contributed by atoms with Gasteiger partial charge in [0.1, 0.15) is 12.4 Å². The maximum Gasteiger partial charge on any atom is 0.166 e. The number of hydrogen-bond acceptors (Lipinski definition) is 4. The summed E-state index contributed by atoms with van der Waals surface area (Å²) in [7, 11) is 5.22. The van der Waals surface area contributed by atoms with Crippen LogP contribution in [-0.4, -0.2) is 21.3 Å². The zero-order valence-corrected chi connectivity index (χ0v) is 12.7. The van der Waals surface area contributed by atoms with Crippen LogP contribution in [0.25, 0.3) is 0 Å². The molecule has 1 N–H and O–H groups in total. The van der Waals surface area contributed by atoms with Crippen molar-refractivity contribution in [1.82, 2.24) is 5.32 Å². The van der Waals surface area contributed by atoms with Crippen LogP contribution in [-0.2, 0) is 13.2 Å². The Kier molecular flexibility index (Phi) is 5.46. The van der Waals surface area contributed by atoms with E-state index in [0.29, 0.717) is 6.61 Å². The normalized spacial score (nSPS) is 10.2. The third kappa shape index (κ3) is 3.89. The first kappa shape index (κ1) is 15.2. The predicted molar refractivity (Wildman–Crippen MR) is 83.1 cm³/mol. The molecule has 4 heteroatoms. The summed E-state index contributed by atoms with van der Waals surface area (Å²) < 4.78 is 16.6. The first-order valence-corrected chi connectivity index (χ1v) is 6.84. The van der Waals surface area contributed by atoms with Crippen molar-refractivity contribution in [3.63, 3.8) is 0 Å². The van der Waals surface area contributed by atoms with Crippen LogP contribution in [0.5, 0.6) is 17.2 Å². The molecule has 0 unspecified atom stereocenters. The Labute approximate surface area is 125 Å². The molecule has 0 aliphatic rings. The molecule has 0 saturated heterocycles. The number of para-hydroxylation sites is 1. The van der Waals surface area contributed by atoms with Gasteiger partial charge in [0.2, 0.25) is 0 Å². The molecule has 0 spiro atoms. The molecule has 0 aromatic heterocycles. The highest BCUT2D eigenvalue weighted by molar-refractivity contribution is 5.46. The van der Waals surface area contributed by atoms with E-state index >= 15 is 0 Å². The lowest BCUT2D eigenvalue weighted by atomic mass is 10.1. The third-order valence-electron chi connectivity index (χ3n) is 3.16. The molecule has 2 rings (SSSR count). The fourth-order valence-electron chi connectivity index (χ4n) is 2.13. The molecule has 0 fully saturated rings. The minimum absolute atomic E-state index is 0.467. The number of hydrogen-bond donors (Lipinski definition) is 1. The van der Waals surface area contributed by atoms with E-state index in [4.69, 9.17) is 14.2 Å². The molecule has 0 heterocycles. The minimum Gasteiger partial charge on any atom is -0.497 e. The van der Waals surface area contributed by atoms with Crippen molar-refractivity contribution >= 4 is 0 Å². The standard InChI is InChI=1S/C17H21NO3/c1-18-11-14-7-5-9-16(20-3)17(14)21-12-13-6-4-8-15(10-13)19-2/h4-10,18H,11-12H2,1-3H3. The van der Waals surface area contributed by atoms with Gasteiger partial charge in [0, 0.05) is 12.1 Å². The van der Waals surface area contributed by atoms with Crippen molar-refractivity contribution in [1.29, 1.82) is 0 Å². The number of benzene rings is 2. The van der Waals surface area contributed by atoms with Gasteiger partial charge in [-0.2, -0.15) is 0 Å². The minimum atomic E-state index is 0.467. The van der Waals surface area contributed by atoms with Gasteiger partial charge in [0.25, 0.3) is 0 Å². The number of ether oxygens (including phenoxy) is 3. The molecule has 0 aliphatic heterocycles. The maximum atomic E-state index is 5.98. The zero-order valence-electron chi connectivity index (χ0n) is 12.7. The molecule has 0 bridgehead atoms. The van der Waals surface area contributed by atoms with Crippen molar-refractivity contribution in [2.75, 3.05) is 21.3 Å². The fraction of sp³-hybridized carbons (Fsp3) is 0.294. The van der Waals surface area contributed by atoms with Crippen LogP contribution >= 0.6 is 0 Å². The third-order valence-corrected chi connectivity index (χ3v) is 3.16. The van der Waals surface area contributed by atoms with E-state index in [1.807, 2.05) is 49.5 Å². The van der Waals surface area contributed by atoms with E-state index in [1.54, 1.807) is 14.2 Å². The van der Waals surface area contributed by atoms with Crippen LogP contribution in [0.2, 0.25) is 0 Å². The van der Waals surface area contributed by atoms with Crippen LogP contribution in [0.4, 0.5) is 0 Å². The van der Waals surface area contributed by atoms with Gasteiger partial charge in [-0.05, 0) is 30.8 Å². The molecule has 0 radical (unpaired) electrons. The smallest absolute Gasteiger partial charge is 0.166 e. The van der Waals surface area contributed by atoms with Crippen molar-refractivity contribution in [3.8, 4) is 17.2 Å². The fourth-order valence-corrected chi connectivity index (χ4v) is 2.13. The van der Waals surface area contributed by atoms with E-state index in [2.05, 4.69) is 5.32 Å². The van der Waals surface area contributed by atoms with E-state index in [9.17, 15) is 0 Å². The summed E-state index contributed by atoms with van der Waals surface area (Å²) in [5.74, 6) is 2.34. The summed E-state index contributed by atoms with van der Waals surface area (Å²) in [5, 5.41) is 3.14. The summed E-state index contributed by atoms with van der Waals surface area (Å²) in [6, 6.07) is 13.7. The zero-order chi connectivity index (χ0) is 15.1. The lowest BCUT2D eigenvalue weighted by Gasteiger charge is -2.15. The average molecular weight is 287 g/mol. The highest BCUT2D eigenvalue weighted by Crippen LogP contribution is 2.32. The Morgan fingerprint density at radius 2 is 1.81 bits per heavy atom. The molecule has 0 aliphatic carbocycles. The molecule has 0 amide bonds. The topological polar surface area (TPSA) is 39.7 Å². The molecule has 2 aromatic carbocycles. The van der Waals surface area contributed by atoms with Crippen LogP contribution in [0.3, 0.4) is 0 Å². The van der Waals surface area contributed by atoms with Gasteiger partial charge in [-0.25, -0.2) is 0 Å². The molecule has 0 saturated carbocycles. The second kappa shape index (κ2) is 7.55. The summed E-state index contributed by atoms with van der Waals surface area (Å²) in [6.45, 7) is 1.19. The number of methoxy groups -OCH3 is 2.